The average Bonchev–Trinajstić information content (AvgIpc) is 2.74. The molecule has 0 atom stereocenters. The summed E-state index contributed by atoms with van der Waals surface area (Å²) in [6.07, 6.45) is 11.7. The fraction of sp³-hybridized carbons (Fsp3) is 0.480. The Morgan fingerprint density at radius 3 is 1.75 bits per heavy atom. The summed E-state index contributed by atoms with van der Waals surface area (Å²) >= 11 is 0. The topological polar surface area (TPSA) is 30.8 Å². The molecule has 2 aromatic rings. The highest BCUT2D eigenvalue weighted by Crippen LogP contribution is 2.19. The summed E-state index contributed by atoms with van der Waals surface area (Å²) in [5.41, 5.74) is 1.99. The molecule has 2 rings (SSSR count). The molecule has 0 fully saturated rings. The molecule has 0 unspecified atom stereocenters. The number of nitrogens with zero attached hydrogens (tertiary/aromatic N) is 1. The van der Waals surface area contributed by atoms with Crippen molar-refractivity contribution in [1.82, 2.24) is 0 Å². The zero-order valence-corrected chi connectivity index (χ0v) is 17.5. The zero-order valence-electron chi connectivity index (χ0n) is 17.5. The number of rotatable bonds is 14. The highest BCUT2D eigenvalue weighted by atomic mass is 16.5. The van der Waals surface area contributed by atoms with Crippen molar-refractivity contribution in [2.75, 3.05) is 13.2 Å². The summed E-state index contributed by atoms with van der Waals surface area (Å²) in [7, 11) is 0. The first-order valence-electron chi connectivity index (χ1n) is 10.8. The molecular formula is C25H35NO2. The predicted molar refractivity (Wildman–Crippen MR) is 119 cm³/mol. The number of ether oxygens (including phenoxy) is 2. The van der Waals surface area contributed by atoms with Gasteiger partial charge in [0.15, 0.2) is 0 Å². The minimum atomic E-state index is 0.786. The minimum Gasteiger partial charge on any atom is -0.494 e. The molecule has 0 saturated carbocycles. The van der Waals surface area contributed by atoms with E-state index in [4.69, 9.17) is 9.47 Å². The van der Waals surface area contributed by atoms with E-state index in [-0.39, 0.29) is 0 Å². The van der Waals surface area contributed by atoms with Gasteiger partial charge in [0.25, 0.3) is 0 Å². The molecule has 0 radical (unpaired) electrons. The quantitative estimate of drug-likeness (QED) is 0.253. The van der Waals surface area contributed by atoms with Crippen molar-refractivity contribution in [2.45, 2.75) is 65.2 Å². The summed E-state index contributed by atoms with van der Waals surface area (Å²) in [5.74, 6) is 1.84. The first-order valence-corrected chi connectivity index (χ1v) is 10.8. The third kappa shape index (κ3) is 9.07. The second-order valence-corrected chi connectivity index (χ2v) is 7.14. The van der Waals surface area contributed by atoms with E-state index in [0.29, 0.717) is 0 Å². The lowest BCUT2D eigenvalue weighted by Crippen LogP contribution is -1.97. The van der Waals surface area contributed by atoms with Crippen molar-refractivity contribution in [3.8, 4) is 11.5 Å². The van der Waals surface area contributed by atoms with E-state index in [1.54, 1.807) is 0 Å². The van der Waals surface area contributed by atoms with Gasteiger partial charge in [-0.15, -0.1) is 0 Å². The average molecular weight is 382 g/mol. The Labute approximate surface area is 170 Å². The second-order valence-electron chi connectivity index (χ2n) is 7.14. The molecule has 0 amide bonds. The largest absolute Gasteiger partial charge is 0.494 e. The van der Waals surface area contributed by atoms with Gasteiger partial charge in [0.2, 0.25) is 0 Å². The molecule has 0 aliphatic rings. The van der Waals surface area contributed by atoms with Crippen LogP contribution in [-0.2, 0) is 0 Å². The van der Waals surface area contributed by atoms with Gasteiger partial charge in [-0.1, -0.05) is 52.4 Å². The molecule has 3 heteroatoms. The first kappa shape index (κ1) is 22.0. The van der Waals surface area contributed by atoms with E-state index in [1.165, 1.54) is 38.5 Å². The molecule has 0 saturated heterocycles. The molecule has 0 spiro atoms. The molecule has 0 aliphatic heterocycles. The third-order valence-corrected chi connectivity index (χ3v) is 4.61. The van der Waals surface area contributed by atoms with Gasteiger partial charge < -0.3 is 9.47 Å². The van der Waals surface area contributed by atoms with Crippen LogP contribution >= 0.6 is 0 Å². The van der Waals surface area contributed by atoms with E-state index >= 15 is 0 Å². The van der Waals surface area contributed by atoms with Gasteiger partial charge in [-0.3, -0.25) is 4.99 Å². The van der Waals surface area contributed by atoms with Gasteiger partial charge >= 0.3 is 0 Å². The molecule has 3 nitrogen and oxygen atoms in total. The highest BCUT2D eigenvalue weighted by Gasteiger charge is 1.97. The Bertz CT molecular complexity index is 662. The minimum absolute atomic E-state index is 0.786. The zero-order chi connectivity index (χ0) is 19.9. The smallest absolute Gasteiger partial charge is 0.119 e. The lowest BCUT2D eigenvalue weighted by molar-refractivity contribution is 0.304. The molecule has 0 aliphatic carbocycles. The number of benzene rings is 2. The van der Waals surface area contributed by atoms with E-state index < -0.39 is 0 Å². The van der Waals surface area contributed by atoms with Crippen molar-refractivity contribution >= 4 is 11.9 Å². The van der Waals surface area contributed by atoms with E-state index in [2.05, 4.69) is 18.8 Å². The highest BCUT2D eigenvalue weighted by molar-refractivity contribution is 5.82. The molecule has 0 bridgehead atoms. The Morgan fingerprint density at radius 1 is 0.643 bits per heavy atom. The van der Waals surface area contributed by atoms with E-state index in [9.17, 15) is 0 Å². The van der Waals surface area contributed by atoms with Gasteiger partial charge in [0, 0.05) is 6.21 Å². The normalized spacial score (nSPS) is 11.1. The van der Waals surface area contributed by atoms with Gasteiger partial charge in [0.05, 0.1) is 18.9 Å². The fourth-order valence-electron chi connectivity index (χ4n) is 2.87. The van der Waals surface area contributed by atoms with Crippen LogP contribution in [0.25, 0.3) is 0 Å². The molecule has 152 valence electrons. The standard InChI is InChI=1S/C25H35NO2/c1-3-5-7-8-10-20-28-25-17-13-23(14-18-25)26-21-22-11-15-24(16-12-22)27-19-9-6-4-2/h11-18,21H,3-10,19-20H2,1-2H3. The lowest BCUT2D eigenvalue weighted by atomic mass is 10.2. The maximum atomic E-state index is 5.80. The summed E-state index contributed by atoms with van der Waals surface area (Å²) in [6.45, 7) is 6.01. The van der Waals surface area contributed by atoms with Crippen molar-refractivity contribution < 1.29 is 9.47 Å². The van der Waals surface area contributed by atoms with Crippen LogP contribution in [0.3, 0.4) is 0 Å². The van der Waals surface area contributed by atoms with E-state index in [1.807, 2.05) is 54.7 Å². The van der Waals surface area contributed by atoms with Crippen LogP contribution in [0.2, 0.25) is 0 Å². The van der Waals surface area contributed by atoms with Gasteiger partial charge in [-0.25, -0.2) is 0 Å². The van der Waals surface area contributed by atoms with Gasteiger partial charge in [-0.05, 0) is 66.9 Å². The molecule has 2 aromatic carbocycles. The Kier molecular flexibility index (Phi) is 10.9. The van der Waals surface area contributed by atoms with Crippen LogP contribution in [0.1, 0.15) is 70.8 Å². The Balaban J connectivity index is 1.73. The van der Waals surface area contributed by atoms with Crippen molar-refractivity contribution in [3.63, 3.8) is 0 Å². The molecule has 28 heavy (non-hydrogen) atoms. The Hall–Kier alpha value is -2.29. The van der Waals surface area contributed by atoms with Crippen molar-refractivity contribution in [2.24, 2.45) is 4.99 Å². The number of hydrogen-bond donors (Lipinski definition) is 0. The summed E-state index contributed by atoms with van der Waals surface area (Å²) in [6, 6.07) is 16.1. The summed E-state index contributed by atoms with van der Waals surface area (Å²) < 4.78 is 11.5. The molecular weight excluding hydrogens is 346 g/mol. The van der Waals surface area contributed by atoms with Gasteiger partial charge in [0.1, 0.15) is 11.5 Å². The maximum absolute atomic E-state index is 5.80. The maximum Gasteiger partial charge on any atom is 0.119 e. The summed E-state index contributed by atoms with van der Waals surface area (Å²) in [4.78, 5) is 4.54. The fourth-order valence-corrected chi connectivity index (χ4v) is 2.87. The van der Waals surface area contributed by atoms with Crippen LogP contribution < -0.4 is 9.47 Å². The third-order valence-electron chi connectivity index (χ3n) is 4.61. The number of aliphatic imine (C=N–C) groups is 1. The van der Waals surface area contributed by atoms with Crippen LogP contribution in [0, 0.1) is 0 Å². The van der Waals surface area contributed by atoms with Crippen molar-refractivity contribution in [1.29, 1.82) is 0 Å². The predicted octanol–water partition coefficient (Wildman–Crippen LogP) is 7.36. The van der Waals surface area contributed by atoms with Gasteiger partial charge in [-0.2, -0.15) is 0 Å². The lowest BCUT2D eigenvalue weighted by Gasteiger charge is -2.06. The molecule has 0 N–H and O–H groups in total. The number of hydrogen-bond acceptors (Lipinski definition) is 3. The second kappa shape index (κ2) is 13.8. The SMILES string of the molecule is CCCCCCCOc1ccc(N=Cc2ccc(OCCCCC)cc2)cc1. The molecule has 0 heterocycles. The van der Waals surface area contributed by atoms with Crippen LogP contribution in [0.5, 0.6) is 11.5 Å². The van der Waals surface area contributed by atoms with Crippen LogP contribution in [-0.4, -0.2) is 19.4 Å². The van der Waals surface area contributed by atoms with E-state index in [0.717, 1.165) is 48.8 Å². The van der Waals surface area contributed by atoms with Crippen LogP contribution in [0.4, 0.5) is 5.69 Å². The summed E-state index contributed by atoms with van der Waals surface area (Å²) in [5, 5.41) is 0. The van der Waals surface area contributed by atoms with Crippen LogP contribution in [0.15, 0.2) is 53.5 Å². The number of unbranched alkanes of at least 4 members (excludes halogenated alkanes) is 6. The Morgan fingerprint density at radius 2 is 1.14 bits per heavy atom. The molecule has 0 aromatic heterocycles. The van der Waals surface area contributed by atoms with Crippen molar-refractivity contribution in [3.05, 3.63) is 54.1 Å². The monoisotopic (exact) mass is 381 g/mol. The first-order chi connectivity index (χ1) is 13.8.